The van der Waals surface area contributed by atoms with Crippen LogP contribution in [0.4, 0.5) is 4.39 Å². The van der Waals surface area contributed by atoms with E-state index in [0.29, 0.717) is 22.2 Å². The molecule has 0 aromatic heterocycles. The lowest BCUT2D eigenvalue weighted by Crippen LogP contribution is -1.99. The molecule has 0 amide bonds. The van der Waals surface area contributed by atoms with Crippen LogP contribution in [0.2, 0.25) is 0 Å². The highest BCUT2D eigenvalue weighted by atomic mass is 79.9. The van der Waals surface area contributed by atoms with Gasteiger partial charge in [0.05, 0.1) is 6.10 Å². The van der Waals surface area contributed by atoms with Gasteiger partial charge in [0.15, 0.2) is 0 Å². The van der Waals surface area contributed by atoms with Crippen LogP contribution in [0.5, 0.6) is 5.75 Å². The van der Waals surface area contributed by atoms with Gasteiger partial charge in [-0.3, -0.25) is 0 Å². The second kappa shape index (κ2) is 6.86. The van der Waals surface area contributed by atoms with Crippen LogP contribution in [0, 0.1) is 5.82 Å². The summed E-state index contributed by atoms with van der Waals surface area (Å²) >= 11 is 3.22. The number of benzene rings is 2. The second-order valence-corrected chi connectivity index (χ2v) is 5.43. The van der Waals surface area contributed by atoms with Crippen LogP contribution < -0.4 is 4.74 Å². The van der Waals surface area contributed by atoms with Crippen molar-refractivity contribution in [3.05, 3.63) is 63.9 Å². The highest BCUT2D eigenvalue weighted by Gasteiger charge is 2.06. The average Bonchev–Trinajstić information content (AvgIpc) is 2.46. The molecule has 0 radical (unpaired) electrons. The van der Waals surface area contributed by atoms with E-state index in [-0.39, 0.29) is 12.4 Å². The van der Waals surface area contributed by atoms with Crippen LogP contribution in [-0.2, 0) is 6.61 Å². The maximum absolute atomic E-state index is 13.6. The Balaban J connectivity index is 2.00. The molecule has 0 saturated carbocycles. The van der Waals surface area contributed by atoms with Gasteiger partial charge in [-0.25, -0.2) is 4.39 Å². The molecule has 0 spiro atoms. The molecule has 2 nitrogen and oxygen atoms in total. The summed E-state index contributed by atoms with van der Waals surface area (Å²) in [6, 6.07) is 12.1. The summed E-state index contributed by atoms with van der Waals surface area (Å²) in [4.78, 5) is 0. The summed E-state index contributed by atoms with van der Waals surface area (Å²) < 4.78 is 19.9. The molecule has 4 heteroatoms. The highest BCUT2D eigenvalue weighted by Crippen LogP contribution is 2.21. The highest BCUT2D eigenvalue weighted by molar-refractivity contribution is 9.10. The molecule has 1 atom stereocenters. The predicted molar refractivity (Wildman–Crippen MR) is 80.1 cm³/mol. The number of hydrogen-bond donors (Lipinski definition) is 1. The summed E-state index contributed by atoms with van der Waals surface area (Å²) in [6.07, 6.45) is 0.220. The van der Waals surface area contributed by atoms with Crippen molar-refractivity contribution in [1.29, 1.82) is 0 Å². The smallest absolute Gasteiger partial charge is 0.130 e. The van der Waals surface area contributed by atoms with Crippen LogP contribution in [0.15, 0.2) is 46.9 Å². The maximum atomic E-state index is 13.6. The number of hydrogen-bond acceptors (Lipinski definition) is 2. The SMILES string of the molecule is CC[C@H](O)c1ccc(OCc2ccc(Br)cc2F)cc1. The summed E-state index contributed by atoms with van der Waals surface area (Å²) in [7, 11) is 0. The lowest BCUT2D eigenvalue weighted by atomic mass is 10.1. The molecule has 2 rings (SSSR count). The topological polar surface area (TPSA) is 29.5 Å². The van der Waals surface area contributed by atoms with Crippen molar-refractivity contribution in [3.8, 4) is 5.75 Å². The Hall–Kier alpha value is -1.39. The second-order valence-electron chi connectivity index (χ2n) is 4.52. The number of aliphatic hydroxyl groups is 1. The molecule has 0 aliphatic rings. The van der Waals surface area contributed by atoms with Gasteiger partial charge in [-0.1, -0.05) is 41.1 Å². The largest absolute Gasteiger partial charge is 0.489 e. The monoisotopic (exact) mass is 338 g/mol. The summed E-state index contributed by atoms with van der Waals surface area (Å²) in [5.74, 6) is 0.358. The molecule has 0 unspecified atom stereocenters. The van der Waals surface area contributed by atoms with E-state index in [0.717, 1.165) is 5.56 Å². The van der Waals surface area contributed by atoms with Gasteiger partial charge in [0, 0.05) is 10.0 Å². The molecule has 0 aliphatic heterocycles. The van der Waals surface area contributed by atoms with E-state index in [1.807, 2.05) is 19.1 Å². The number of halogens is 2. The number of rotatable bonds is 5. The molecule has 2 aromatic rings. The van der Waals surface area contributed by atoms with Gasteiger partial charge in [0.2, 0.25) is 0 Å². The van der Waals surface area contributed by atoms with E-state index in [1.165, 1.54) is 6.07 Å². The van der Waals surface area contributed by atoms with Crippen LogP contribution in [0.25, 0.3) is 0 Å². The van der Waals surface area contributed by atoms with Crippen LogP contribution in [0.3, 0.4) is 0 Å². The Morgan fingerprint density at radius 3 is 2.50 bits per heavy atom. The zero-order chi connectivity index (χ0) is 14.5. The zero-order valence-corrected chi connectivity index (χ0v) is 12.7. The molecule has 2 aromatic carbocycles. The van der Waals surface area contributed by atoms with E-state index in [2.05, 4.69) is 15.9 Å². The third-order valence-electron chi connectivity index (χ3n) is 3.06. The molecule has 106 valence electrons. The molecular formula is C16H16BrFO2. The van der Waals surface area contributed by atoms with Crippen molar-refractivity contribution in [1.82, 2.24) is 0 Å². The minimum atomic E-state index is -0.451. The zero-order valence-electron chi connectivity index (χ0n) is 11.1. The van der Waals surface area contributed by atoms with Crippen molar-refractivity contribution in [3.63, 3.8) is 0 Å². The van der Waals surface area contributed by atoms with Gasteiger partial charge in [-0.2, -0.15) is 0 Å². The Labute approximate surface area is 126 Å². The van der Waals surface area contributed by atoms with Crippen LogP contribution in [-0.4, -0.2) is 5.11 Å². The van der Waals surface area contributed by atoms with Gasteiger partial charge < -0.3 is 9.84 Å². The fourth-order valence-electron chi connectivity index (χ4n) is 1.82. The first-order chi connectivity index (χ1) is 9.60. The summed E-state index contributed by atoms with van der Waals surface area (Å²) in [5.41, 5.74) is 1.36. The van der Waals surface area contributed by atoms with Crippen molar-refractivity contribution in [2.75, 3.05) is 0 Å². The van der Waals surface area contributed by atoms with Gasteiger partial charge in [-0.05, 0) is 36.2 Å². The molecule has 1 N–H and O–H groups in total. The molecule has 0 fully saturated rings. The first kappa shape index (κ1) is 15.0. The first-order valence-corrected chi connectivity index (χ1v) is 7.24. The summed E-state index contributed by atoms with van der Waals surface area (Å²) in [5, 5.41) is 9.70. The average molecular weight is 339 g/mol. The van der Waals surface area contributed by atoms with Gasteiger partial charge in [-0.15, -0.1) is 0 Å². The van der Waals surface area contributed by atoms with E-state index in [1.54, 1.807) is 24.3 Å². The number of ether oxygens (including phenoxy) is 1. The molecule has 0 saturated heterocycles. The van der Waals surface area contributed by atoms with Crippen LogP contribution in [0.1, 0.15) is 30.6 Å². The minimum absolute atomic E-state index is 0.175. The predicted octanol–water partition coefficient (Wildman–Crippen LogP) is 4.61. The van der Waals surface area contributed by atoms with Gasteiger partial charge >= 0.3 is 0 Å². The van der Waals surface area contributed by atoms with Gasteiger partial charge in [0.25, 0.3) is 0 Å². The molecule has 0 bridgehead atoms. The van der Waals surface area contributed by atoms with Crippen LogP contribution >= 0.6 is 15.9 Å². The first-order valence-electron chi connectivity index (χ1n) is 6.45. The Bertz CT molecular complexity index is 569. The van der Waals surface area contributed by atoms with E-state index < -0.39 is 6.10 Å². The quantitative estimate of drug-likeness (QED) is 0.862. The van der Waals surface area contributed by atoms with E-state index in [9.17, 15) is 9.50 Å². The molecule has 20 heavy (non-hydrogen) atoms. The van der Waals surface area contributed by atoms with Crippen molar-refractivity contribution < 1.29 is 14.2 Å². The van der Waals surface area contributed by atoms with Crippen molar-refractivity contribution >= 4 is 15.9 Å². The van der Waals surface area contributed by atoms with E-state index in [4.69, 9.17) is 4.74 Å². The Morgan fingerprint density at radius 2 is 1.90 bits per heavy atom. The molecule has 0 aliphatic carbocycles. The van der Waals surface area contributed by atoms with Gasteiger partial charge in [0.1, 0.15) is 18.2 Å². The third-order valence-corrected chi connectivity index (χ3v) is 3.55. The third kappa shape index (κ3) is 3.81. The fourth-order valence-corrected chi connectivity index (χ4v) is 2.15. The van der Waals surface area contributed by atoms with Crippen molar-refractivity contribution in [2.24, 2.45) is 0 Å². The standard InChI is InChI=1S/C16H16BrFO2/c1-2-16(19)11-4-7-14(8-5-11)20-10-12-3-6-13(17)9-15(12)18/h3-9,16,19H,2,10H2,1H3/t16-/m0/s1. The Kier molecular flexibility index (Phi) is 5.15. The van der Waals surface area contributed by atoms with Crippen molar-refractivity contribution in [2.45, 2.75) is 26.1 Å². The Morgan fingerprint density at radius 1 is 1.20 bits per heavy atom. The summed E-state index contributed by atoms with van der Waals surface area (Å²) in [6.45, 7) is 2.10. The fraction of sp³-hybridized carbons (Fsp3) is 0.250. The lowest BCUT2D eigenvalue weighted by Gasteiger charge is -2.10. The molecular weight excluding hydrogens is 323 g/mol. The lowest BCUT2D eigenvalue weighted by molar-refractivity contribution is 0.173. The normalized spacial score (nSPS) is 12.2. The van der Waals surface area contributed by atoms with E-state index >= 15 is 0 Å². The minimum Gasteiger partial charge on any atom is -0.489 e. The maximum Gasteiger partial charge on any atom is 0.130 e. The molecule has 0 heterocycles. The number of aliphatic hydroxyl groups excluding tert-OH is 1.